The molecule has 120 valence electrons. The maximum atomic E-state index is 11.4. The molecule has 0 saturated carbocycles. The summed E-state index contributed by atoms with van der Waals surface area (Å²) in [6, 6.07) is 0. The molecule has 0 atom stereocenters. The number of carboxylic acid groups (broad SMARTS) is 3. The number of nitrogens with two attached hydrogens (primary N) is 1. The lowest BCUT2D eigenvalue weighted by atomic mass is 9.95. The van der Waals surface area contributed by atoms with Gasteiger partial charge in [0.05, 0.1) is 19.4 Å². The van der Waals surface area contributed by atoms with Crippen LogP contribution in [-0.4, -0.2) is 57.0 Å². The van der Waals surface area contributed by atoms with Gasteiger partial charge in [0.15, 0.2) is 0 Å². The molecule has 9 heteroatoms. The molecule has 0 aliphatic rings. The Morgan fingerprint density at radius 1 is 1.14 bits per heavy atom. The Kier molecular flexibility index (Phi) is 7.39. The molecule has 9 nitrogen and oxygen atoms in total. The Hall–Kier alpha value is -2.13. The second kappa shape index (κ2) is 8.22. The van der Waals surface area contributed by atoms with E-state index in [1.54, 1.807) is 13.8 Å². The Morgan fingerprint density at radius 2 is 1.62 bits per heavy atom. The first-order chi connectivity index (χ1) is 9.62. The summed E-state index contributed by atoms with van der Waals surface area (Å²) in [5.41, 5.74) is 3.71. The minimum Gasteiger partial charge on any atom is -0.481 e. The van der Waals surface area contributed by atoms with E-state index in [9.17, 15) is 19.5 Å². The van der Waals surface area contributed by atoms with Gasteiger partial charge in [0.25, 0.3) is 0 Å². The molecule has 0 aromatic rings. The van der Waals surface area contributed by atoms with Gasteiger partial charge in [-0.15, -0.1) is 0 Å². The van der Waals surface area contributed by atoms with Crippen LogP contribution < -0.4 is 5.73 Å². The van der Waals surface area contributed by atoms with Crippen molar-refractivity contribution in [3.63, 3.8) is 0 Å². The Labute approximate surface area is 121 Å². The van der Waals surface area contributed by atoms with E-state index in [2.05, 4.69) is 0 Å². The molecule has 0 saturated heterocycles. The summed E-state index contributed by atoms with van der Waals surface area (Å²) in [5, 5.41) is 28.0. The van der Waals surface area contributed by atoms with Gasteiger partial charge in [0, 0.05) is 12.7 Å². The Morgan fingerprint density at radius 3 is 1.90 bits per heavy atom. The number of hydrogen-bond donors (Lipinski definition) is 4. The predicted molar refractivity (Wildman–Crippen MR) is 71.1 cm³/mol. The van der Waals surface area contributed by atoms with Gasteiger partial charge < -0.3 is 21.1 Å². The van der Waals surface area contributed by atoms with Crippen LogP contribution in [-0.2, 0) is 19.2 Å². The fourth-order valence-corrected chi connectivity index (χ4v) is 1.58. The molecule has 0 bridgehead atoms. The van der Waals surface area contributed by atoms with Crippen LogP contribution >= 0.6 is 0 Å². The van der Waals surface area contributed by atoms with Crippen molar-refractivity contribution < 1.29 is 34.5 Å². The molecular formula is C12H20N2O7. The maximum absolute atomic E-state index is 11.4. The van der Waals surface area contributed by atoms with Crippen LogP contribution in [0.1, 0.15) is 26.7 Å². The van der Waals surface area contributed by atoms with E-state index in [0.717, 1.165) is 10.6 Å². The van der Waals surface area contributed by atoms with Crippen LogP contribution in [0.25, 0.3) is 0 Å². The normalized spacial score (nSPS) is 10.8. The van der Waals surface area contributed by atoms with Crippen LogP contribution in [0.5, 0.6) is 0 Å². The van der Waals surface area contributed by atoms with Crippen molar-refractivity contribution in [1.82, 2.24) is 5.06 Å². The third kappa shape index (κ3) is 6.72. The van der Waals surface area contributed by atoms with E-state index >= 15 is 0 Å². The number of allylic oxidation sites excluding steroid dienone is 1. The van der Waals surface area contributed by atoms with Crippen molar-refractivity contribution in [1.29, 1.82) is 0 Å². The molecule has 0 aromatic heterocycles. The summed E-state index contributed by atoms with van der Waals surface area (Å²) >= 11 is 0. The maximum Gasteiger partial charge on any atom is 0.340 e. The third-order valence-electron chi connectivity index (χ3n) is 2.31. The van der Waals surface area contributed by atoms with Gasteiger partial charge in [0.2, 0.25) is 5.60 Å². The summed E-state index contributed by atoms with van der Waals surface area (Å²) in [6.07, 6.45) is -0.563. The van der Waals surface area contributed by atoms with E-state index in [-0.39, 0.29) is 13.1 Å². The topological polar surface area (TPSA) is 150 Å². The minimum atomic E-state index is -2.40. The molecule has 0 heterocycles. The average molecular weight is 304 g/mol. The third-order valence-corrected chi connectivity index (χ3v) is 2.31. The zero-order valence-corrected chi connectivity index (χ0v) is 11.9. The summed E-state index contributed by atoms with van der Waals surface area (Å²) in [7, 11) is 0. The fraction of sp³-hybridized carbons (Fsp3) is 0.583. The van der Waals surface area contributed by atoms with Crippen LogP contribution in [0.15, 0.2) is 11.8 Å². The lowest BCUT2D eigenvalue weighted by Gasteiger charge is -2.32. The Balaban J connectivity index is 5.52. The van der Waals surface area contributed by atoms with Gasteiger partial charge in [-0.1, -0.05) is 5.57 Å². The van der Waals surface area contributed by atoms with E-state index in [4.69, 9.17) is 20.8 Å². The SMILES string of the molecule is CC(C)=CN(CCN)OC(CC(=O)O)(CC(=O)O)C(=O)O. The van der Waals surface area contributed by atoms with Gasteiger partial charge in [-0.25, -0.2) is 4.79 Å². The molecule has 0 rings (SSSR count). The number of nitrogens with zero attached hydrogens (tertiary/aromatic N) is 1. The average Bonchev–Trinajstić information content (AvgIpc) is 2.25. The standard InChI is InChI=1S/C12H20N2O7/c1-8(2)7-14(4-3-13)21-12(11(19)20,5-9(15)16)6-10(17)18/h7H,3-6,13H2,1-2H3,(H,15,16)(H,17,18)(H,19,20). The van der Waals surface area contributed by atoms with Crippen LogP contribution in [0.4, 0.5) is 0 Å². The van der Waals surface area contributed by atoms with Crippen molar-refractivity contribution in [2.75, 3.05) is 13.1 Å². The van der Waals surface area contributed by atoms with Crippen molar-refractivity contribution in [3.05, 3.63) is 11.8 Å². The highest BCUT2D eigenvalue weighted by atomic mass is 16.7. The lowest BCUT2D eigenvalue weighted by Crippen LogP contribution is -2.49. The number of carboxylic acids is 3. The monoisotopic (exact) mass is 304 g/mol. The van der Waals surface area contributed by atoms with E-state index < -0.39 is 36.4 Å². The molecule has 0 amide bonds. The van der Waals surface area contributed by atoms with Crippen LogP contribution in [0.3, 0.4) is 0 Å². The molecule has 0 unspecified atom stereocenters. The van der Waals surface area contributed by atoms with Crippen molar-refractivity contribution in [3.8, 4) is 0 Å². The molecule has 21 heavy (non-hydrogen) atoms. The van der Waals surface area contributed by atoms with Crippen molar-refractivity contribution in [2.24, 2.45) is 5.73 Å². The minimum absolute atomic E-state index is 0.0828. The van der Waals surface area contributed by atoms with Gasteiger partial charge >= 0.3 is 17.9 Å². The second-order valence-corrected chi connectivity index (χ2v) is 4.67. The molecule has 0 spiro atoms. The van der Waals surface area contributed by atoms with E-state index in [1.165, 1.54) is 6.20 Å². The highest BCUT2D eigenvalue weighted by molar-refractivity contribution is 5.88. The largest absolute Gasteiger partial charge is 0.481 e. The first-order valence-corrected chi connectivity index (χ1v) is 6.11. The molecule has 0 radical (unpaired) electrons. The fourth-order valence-electron chi connectivity index (χ4n) is 1.58. The predicted octanol–water partition coefficient (Wildman–Crippen LogP) is -0.125. The smallest absolute Gasteiger partial charge is 0.340 e. The Bertz CT molecular complexity index is 413. The van der Waals surface area contributed by atoms with Crippen molar-refractivity contribution in [2.45, 2.75) is 32.3 Å². The number of rotatable bonds is 10. The number of carbonyl (C=O) groups is 3. The molecule has 0 aliphatic heterocycles. The van der Waals surface area contributed by atoms with Gasteiger partial charge in [-0.05, 0) is 13.8 Å². The second-order valence-electron chi connectivity index (χ2n) is 4.67. The summed E-state index contributed by atoms with van der Waals surface area (Å²) < 4.78 is 0. The number of hydrogen-bond acceptors (Lipinski definition) is 6. The molecule has 0 aromatic carbocycles. The van der Waals surface area contributed by atoms with Crippen LogP contribution in [0, 0.1) is 0 Å². The number of aliphatic carboxylic acids is 3. The molecule has 5 N–H and O–H groups in total. The summed E-state index contributed by atoms with van der Waals surface area (Å²) in [4.78, 5) is 38.3. The van der Waals surface area contributed by atoms with E-state index in [0.29, 0.717) is 0 Å². The number of hydroxylamine groups is 2. The highest BCUT2D eigenvalue weighted by Gasteiger charge is 2.46. The van der Waals surface area contributed by atoms with Gasteiger partial charge in [-0.2, -0.15) is 0 Å². The zero-order valence-electron chi connectivity index (χ0n) is 11.9. The summed E-state index contributed by atoms with van der Waals surface area (Å²) in [6.45, 7) is 3.62. The van der Waals surface area contributed by atoms with Crippen LogP contribution in [0.2, 0.25) is 0 Å². The van der Waals surface area contributed by atoms with Gasteiger partial charge in [-0.3, -0.25) is 19.5 Å². The van der Waals surface area contributed by atoms with Crippen molar-refractivity contribution >= 4 is 17.9 Å². The van der Waals surface area contributed by atoms with E-state index in [1.807, 2.05) is 0 Å². The highest BCUT2D eigenvalue weighted by Crippen LogP contribution is 2.24. The zero-order chi connectivity index (χ0) is 16.6. The first-order valence-electron chi connectivity index (χ1n) is 6.11. The molecular weight excluding hydrogens is 284 g/mol. The molecule has 0 aliphatic carbocycles. The summed E-state index contributed by atoms with van der Waals surface area (Å²) in [5.74, 6) is -4.64. The molecule has 0 fully saturated rings. The first kappa shape index (κ1) is 18.9. The van der Waals surface area contributed by atoms with Gasteiger partial charge in [0.1, 0.15) is 0 Å². The lowest BCUT2D eigenvalue weighted by molar-refractivity contribution is -0.235. The quantitative estimate of drug-likeness (QED) is 0.405.